The molecular formula is C20H30O2S. The first-order chi connectivity index (χ1) is 10.8. The van der Waals surface area contributed by atoms with Crippen LogP contribution in [0.15, 0.2) is 34.9 Å². The van der Waals surface area contributed by atoms with E-state index in [-0.39, 0.29) is 16.1 Å². The first kappa shape index (κ1) is 20.0. The van der Waals surface area contributed by atoms with Gasteiger partial charge in [0, 0.05) is 0 Å². The lowest BCUT2D eigenvalue weighted by atomic mass is 10.0. The second-order valence-corrected chi connectivity index (χ2v) is 7.95. The van der Waals surface area contributed by atoms with Gasteiger partial charge in [0.15, 0.2) is 10.9 Å². The fraction of sp³-hybridized carbons (Fsp3) is 0.600. The van der Waals surface area contributed by atoms with Gasteiger partial charge in [0.1, 0.15) is 0 Å². The lowest BCUT2D eigenvalue weighted by Crippen LogP contribution is -2.16. The Bertz CT molecular complexity index is 522. The van der Waals surface area contributed by atoms with Crippen LogP contribution in [0.1, 0.15) is 66.7 Å². The molecule has 3 heteroatoms. The van der Waals surface area contributed by atoms with Gasteiger partial charge in [-0.25, -0.2) is 0 Å². The van der Waals surface area contributed by atoms with E-state index in [0.29, 0.717) is 6.42 Å². The second kappa shape index (κ2) is 9.92. The number of Topliss-reactive ketones (excluding diaryl/α,β-unsaturated/α-hetero) is 1. The largest absolute Gasteiger partial charge is 0.298 e. The summed E-state index contributed by atoms with van der Waals surface area (Å²) in [6, 6.07) is 0. The van der Waals surface area contributed by atoms with Gasteiger partial charge >= 0.3 is 0 Å². The Morgan fingerprint density at radius 2 is 1.52 bits per heavy atom. The van der Waals surface area contributed by atoms with Crippen molar-refractivity contribution in [2.24, 2.45) is 5.92 Å². The number of thioether (sulfide) groups is 1. The molecule has 0 spiro atoms. The van der Waals surface area contributed by atoms with Gasteiger partial charge in [-0.2, -0.15) is 0 Å². The highest BCUT2D eigenvalue weighted by molar-refractivity contribution is 8.15. The molecule has 0 radical (unpaired) electrons. The molecular weight excluding hydrogens is 304 g/mol. The summed E-state index contributed by atoms with van der Waals surface area (Å²) in [6.45, 7) is 10.3. The number of carbonyl (C=O) groups excluding carboxylic acids is 2. The average molecular weight is 335 g/mol. The van der Waals surface area contributed by atoms with Crippen LogP contribution in [0.5, 0.6) is 0 Å². The molecule has 0 N–H and O–H groups in total. The highest BCUT2D eigenvalue weighted by Gasteiger charge is 2.38. The molecule has 1 aliphatic rings. The third kappa shape index (κ3) is 7.34. The van der Waals surface area contributed by atoms with Gasteiger partial charge in [0.25, 0.3) is 0 Å². The molecule has 2 nitrogen and oxygen atoms in total. The minimum absolute atomic E-state index is 0.0287. The van der Waals surface area contributed by atoms with Crippen LogP contribution in [0, 0.1) is 5.92 Å². The third-order valence-electron chi connectivity index (χ3n) is 4.16. The van der Waals surface area contributed by atoms with Gasteiger partial charge in [-0.05, 0) is 66.7 Å². The molecule has 23 heavy (non-hydrogen) atoms. The van der Waals surface area contributed by atoms with E-state index in [1.165, 1.54) is 28.5 Å². The van der Waals surface area contributed by atoms with Gasteiger partial charge in [-0.15, -0.1) is 0 Å². The zero-order valence-electron chi connectivity index (χ0n) is 15.1. The Kier molecular flexibility index (Phi) is 8.60. The Labute approximate surface area is 145 Å². The van der Waals surface area contributed by atoms with Crippen molar-refractivity contribution in [2.45, 2.75) is 72.0 Å². The van der Waals surface area contributed by atoms with Crippen LogP contribution in [-0.4, -0.2) is 16.1 Å². The van der Waals surface area contributed by atoms with Gasteiger partial charge < -0.3 is 0 Å². The zero-order chi connectivity index (χ0) is 17.4. The predicted molar refractivity (Wildman–Crippen MR) is 101 cm³/mol. The summed E-state index contributed by atoms with van der Waals surface area (Å²) >= 11 is 1.21. The number of rotatable bonds is 8. The van der Waals surface area contributed by atoms with Crippen molar-refractivity contribution in [1.82, 2.24) is 0 Å². The Balaban J connectivity index is 2.33. The normalized spacial score (nSPS) is 22.7. The van der Waals surface area contributed by atoms with Crippen LogP contribution in [0.3, 0.4) is 0 Å². The molecule has 0 amide bonds. The fourth-order valence-corrected chi connectivity index (χ4v) is 3.62. The van der Waals surface area contributed by atoms with E-state index < -0.39 is 5.92 Å². The molecule has 1 rings (SSSR count). The minimum Gasteiger partial charge on any atom is -0.298 e. The summed E-state index contributed by atoms with van der Waals surface area (Å²) in [4.78, 5) is 23.4. The second-order valence-electron chi connectivity index (χ2n) is 6.75. The maximum atomic E-state index is 11.9. The first-order valence-electron chi connectivity index (χ1n) is 8.50. The van der Waals surface area contributed by atoms with E-state index in [9.17, 15) is 9.59 Å². The van der Waals surface area contributed by atoms with E-state index in [0.717, 1.165) is 25.7 Å². The van der Waals surface area contributed by atoms with Gasteiger partial charge in [0.2, 0.25) is 0 Å². The van der Waals surface area contributed by atoms with Gasteiger partial charge in [-0.3, -0.25) is 9.59 Å². The number of carbonyl (C=O) groups is 2. The predicted octanol–water partition coefficient (Wildman–Crippen LogP) is 5.64. The summed E-state index contributed by atoms with van der Waals surface area (Å²) in [5.41, 5.74) is 4.12. The number of hydrogen-bond acceptors (Lipinski definition) is 3. The SMILES string of the molecule is CC(C)=CCCC(C)=CCCC(C)=CCC1SC(=O)C(C)C1=O. The maximum Gasteiger partial charge on any atom is 0.199 e. The molecule has 0 aromatic rings. The highest BCUT2D eigenvalue weighted by atomic mass is 32.2. The molecule has 128 valence electrons. The summed E-state index contributed by atoms with van der Waals surface area (Å²) in [7, 11) is 0. The molecule has 0 bridgehead atoms. The molecule has 0 aliphatic carbocycles. The third-order valence-corrected chi connectivity index (χ3v) is 5.45. The lowest BCUT2D eigenvalue weighted by Gasteiger charge is -2.05. The number of allylic oxidation sites excluding steroid dienone is 6. The van der Waals surface area contributed by atoms with Crippen molar-refractivity contribution in [3.8, 4) is 0 Å². The quantitative estimate of drug-likeness (QED) is 0.425. The van der Waals surface area contributed by atoms with Crippen LogP contribution >= 0.6 is 11.8 Å². The monoisotopic (exact) mass is 334 g/mol. The highest BCUT2D eigenvalue weighted by Crippen LogP contribution is 2.32. The van der Waals surface area contributed by atoms with E-state index in [1.54, 1.807) is 6.92 Å². The van der Waals surface area contributed by atoms with Crippen LogP contribution in [0.25, 0.3) is 0 Å². The summed E-state index contributed by atoms with van der Waals surface area (Å²) in [5, 5.41) is -0.130. The molecule has 0 saturated carbocycles. The molecule has 2 unspecified atom stereocenters. The molecule has 2 atom stereocenters. The zero-order valence-corrected chi connectivity index (χ0v) is 16.0. The van der Waals surface area contributed by atoms with Gasteiger partial charge in [-0.1, -0.05) is 46.7 Å². The first-order valence-corrected chi connectivity index (χ1v) is 9.38. The van der Waals surface area contributed by atoms with Crippen molar-refractivity contribution in [3.63, 3.8) is 0 Å². The molecule has 1 heterocycles. The smallest absolute Gasteiger partial charge is 0.199 e. The van der Waals surface area contributed by atoms with Crippen LogP contribution in [0.2, 0.25) is 0 Å². The maximum absolute atomic E-state index is 11.9. The Morgan fingerprint density at radius 1 is 0.957 bits per heavy atom. The molecule has 0 aromatic heterocycles. The minimum atomic E-state index is -0.412. The standard InChI is InChI=1S/C20H30O2S/c1-14(2)8-6-9-15(3)10-7-11-16(4)12-13-18-19(21)17(5)20(22)23-18/h8,10,12,17-18H,6-7,9,11,13H2,1-5H3. The summed E-state index contributed by atoms with van der Waals surface area (Å²) in [6.07, 6.45) is 11.7. The van der Waals surface area contributed by atoms with E-state index in [1.807, 2.05) is 0 Å². The topological polar surface area (TPSA) is 34.1 Å². The van der Waals surface area contributed by atoms with Crippen molar-refractivity contribution < 1.29 is 9.59 Å². The van der Waals surface area contributed by atoms with Crippen LogP contribution < -0.4 is 0 Å². The number of ketones is 1. The van der Waals surface area contributed by atoms with Crippen molar-refractivity contribution >= 4 is 22.7 Å². The lowest BCUT2D eigenvalue weighted by molar-refractivity contribution is -0.125. The van der Waals surface area contributed by atoms with Crippen LogP contribution in [-0.2, 0) is 9.59 Å². The molecule has 1 saturated heterocycles. The average Bonchev–Trinajstić information content (AvgIpc) is 2.72. The van der Waals surface area contributed by atoms with Gasteiger partial charge in [0.05, 0.1) is 11.2 Å². The van der Waals surface area contributed by atoms with E-state index >= 15 is 0 Å². The Morgan fingerprint density at radius 3 is 2.04 bits per heavy atom. The fourth-order valence-electron chi connectivity index (χ4n) is 2.51. The van der Waals surface area contributed by atoms with E-state index in [2.05, 4.69) is 45.9 Å². The van der Waals surface area contributed by atoms with E-state index in [4.69, 9.17) is 0 Å². The van der Waals surface area contributed by atoms with Crippen LogP contribution in [0.4, 0.5) is 0 Å². The summed E-state index contributed by atoms with van der Waals surface area (Å²) in [5.74, 6) is -0.316. The summed E-state index contributed by atoms with van der Waals surface area (Å²) < 4.78 is 0. The number of hydrogen-bond donors (Lipinski definition) is 0. The van der Waals surface area contributed by atoms with Crippen molar-refractivity contribution in [3.05, 3.63) is 34.9 Å². The molecule has 1 fully saturated rings. The van der Waals surface area contributed by atoms with Crippen molar-refractivity contribution in [2.75, 3.05) is 0 Å². The molecule has 0 aromatic carbocycles. The van der Waals surface area contributed by atoms with Crippen molar-refractivity contribution in [1.29, 1.82) is 0 Å². The molecule has 1 aliphatic heterocycles. The Hall–Kier alpha value is -1.09.